The monoisotopic (exact) mass is 237 g/mol. The molecule has 1 heterocycles. The molecule has 4 nitrogen and oxygen atoms in total. The van der Waals surface area contributed by atoms with Gasteiger partial charge < -0.3 is 10.5 Å². The molecule has 0 saturated heterocycles. The zero-order chi connectivity index (χ0) is 12.3. The van der Waals surface area contributed by atoms with Crippen molar-refractivity contribution in [1.29, 1.82) is 0 Å². The summed E-state index contributed by atoms with van der Waals surface area (Å²) in [4.78, 5) is 0. The summed E-state index contributed by atoms with van der Waals surface area (Å²) in [5.41, 5.74) is 7.22. The molecular formula is C13H23N3O. The Morgan fingerprint density at radius 2 is 2.35 bits per heavy atom. The minimum absolute atomic E-state index is 0.00699. The molecule has 0 aromatic carbocycles. The van der Waals surface area contributed by atoms with Crippen LogP contribution in [0.5, 0.6) is 0 Å². The van der Waals surface area contributed by atoms with Crippen LogP contribution in [0.4, 0.5) is 0 Å². The highest BCUT2D eigenvalue weighted by Gasteiger charge is 2.24. The predicted molar refractivity (Wildman–Crippen MR) is 67.5 cm³/mol. The molecule has 0 spiro atoms. The molecule has 1 aliphatic rings. The Morgan fingerprint density at radius 1 is 1.59 bits per heavy atom. The van der Waals surface area contributed by atoms with E-state index in [1.165, 1.54) is 19.3 Å². The second-order valence-corrected chi connectivity index (χ2v) is 5.04. The van der Waals surface area contributed by atoms with E-state index < -0.39 is 0 Å². The first-order valence-electron chi connectivity index (χ1n) is 6.56. The summed E-state index contributed by atoms with van der Waals surface area (Å²) in [5, 5.41) is 4.19. The average molecular weight is 237 g/mol. The van der Waals surface area contributed by atoms with Crippen LogP contribution in [0.3, 0.4) is 0 Å². The molecule has 96 valence electrons. The molecule has 2 unspecified atom stereocenters. The van der Waals surface area contributed by atoms with Gasteiger partial charge in [-0.3, -0.25) is 4.68 Å². The lowest BCUT2D eigenvalue weighted by molar-refractivity contribution is 0.0299. The fourth-order valence-corrected chi connectivity index (χ4v) is 2.04. The molecule has 17 heavy (non-hydrogen) atoms. The third kappa shape index (κ3) is 3.54. The number of aryl methyl sites for hydroxylation is 1. The van der Waals surface area contributed by atoms with E-state index >= 15 is 0 Å². The molecule has 1 aromatic heterocycles. The molecule has 4 heteroatoms. The average Bonchev–Trinajstić information content (AvgIpc) is 3.05. The number of hydrogen-bond donors (Lipinski definition) is 1. The van der Waals surface area contributed by atoms with Gasteiger partial charge in [-0.25, -0.2) is 0 Å². The maximum Gasteiger partial charge on any atom is 0.101 e. The van der Waals surface area contributed by atoms with Crippen molar-refractivity contribution >= 4 is 0 Å². The molecule has 1 saturated carbocycles. The molecular weight excluding hydrogens is 214 g/mol. The molecule has 0 bridgehead atoms. The summed E-state index contributed by atoms with van der Waals surface area (Å²) in [6.07, 6.45) is 8.69. The summed E-state index contributed by atoms with van der Waals surface area (Å²) in [5.74, 6) is 0.905. The van der Waals surface area contributed by atoms with Crippen LogP contribution in [0.15, 0.2) is 12.4 Å². The third-order valence-corrected chi connectivity index (χ3v) is 3.43. The first kappa shape index (κ1) is 12.6. The van der Waals surface area contributed by atoms with Crippen molar-refractivity contribution in [3.8, 4) is 0 Å². The molecule has 2 atom stereocenters. The van der Waals surface area contributed by atoms with E-state index in [0.29, 0.717) is 0 Å². The van der Waals surface area contributed by atoms with Crippen LogP contribution in [0.1, 0.15) is 44.3 Å². The van der Waals surface area contributed by atoms with Crippen LogP contribution in [-0.2, 0) is 11.8 Å². The lowest BCUT2D eigenvalue weighted by atomic mass is 10.0. The van der Waals surface area contributed by atoms with Crippen LogP contribution >= 0.6 is 0 Å². The van der Waals surface area contributed by atoms with E-state index in [2.05, 4.69) is 12.0 Å². The first-order chi connectivity index (χ1) is 8.20. The topological polar surface area (TPSA) is 53.1 Å². The maximum absolute atomic E-state index is 6.13. The van der Waals surface area contributed by atoms with Gasteiger partial charge in [0.15, 0.2) is 0 Å². The van der Waals surface area contributed by atoms with Crippen LogP contribution < -0.4 is 5.73 Å². The van der Waals surface area contributed by atoms with E-state index in [0.717, 1.165) is 24.5 Å². The Labute approximate surface area is 103 Å². The van der Waals surface area contributed by atoms with E-state index in [1.54, 1.807) is 4.68 Å². The van der Waals surface area contributed by atoms with Crippen molar-refractivity contribution in [3.05, 3.63) is 18.0 Å². The van der Waals surface area contributed by atoms with Crippen LogP contribution in [-0.4, -0.2) is 22.4 Å². The van der Waals surface area contributed by atoms with Gasteiger partial charge in [-0.1, -0.05) is 19.8 Å². The first-order valence-corrected chi connectivity index (χ1v) is 6.56. The van der Waals surface area contributed by atoms with Gasteiger partial charge in [0.2, 0.25) is 0 Å². The summed E-state index contributed by atoms with van der Waals surface area (Å²) in [6, 6.07) is 0.0541. The maximum atomic E-state index is 6.13. The summed E-state index contributed by atoms with van der Waals surface area (Å²) in [7, 11) is 1.92. The van der Waals surface area contributed by atoms with Gasteiger partial charge in [0.1, 0.15) is 6.10 Å². The zero-order valence-electron chi connectivity index (χ0n) is 10.8. The molecule has 1 fully saturated rings. The molecule has 0 radical (unpaired) electrons. The van der Waals surface area contributed by atoms with Crippen LogP contribution in [0, 0.1) is 5.92 Å². The summed E-state index contributed by atoms with van der Waals surface area (Å²) >= 11 is 0. The van der Waals surface area contributed by atoms with Crippen molar-refractivity contribution < 1.29 is 4.74 Å². The smallest absolute Gasteiger partial charge is 0.101 e. The Kier molecular flexibility index (Phi) is 4.18. The fraction of sp³-hybridized carbons (Fsp3) is 0.769. The quantitative estimate of drug-likeness (QED) is 0.789. The number of nitrogens with zero attached hydrogens (tertiary/aromatic N) is 2. The van der Waals surface area contributed by atoms with Gasteiger partial charge in [-0.15, -0.1) is 0 Å². The van der Waals surface area contributed by atoms with E-state index in [9.17, 15) is 0 Å². The van der Waals surface area contributed by atoms with Gasteiger partial charge >= 0.3 is 0 Å². The largest absolute Gasteiger partial charge is 0.372 e. The number of nitrogens with two attached hydrogens (primary N) is 1. The number of hydrogen-bond acceptors (Lipinski definition) is 3. The number of rotatable bonds is 7. The molecule has 1 aliphatic carbocycles. The summed E-state index contributed by atoms with van der Waals surface area (Å²) in [6.45, 7) is 2.91. The van der Waals surface area contributed by atoms with Crippen molar-refractivity contribution in [1.82, 2.24) is 9.78 Å². The van der Waals surface area contributed by atoms with Crippen molar-refractivity contribution in [2.45, 2.75) is 44.8 Å². The van der Waals surface area contributed by atoms with Gasteiger partial charge in [0, 0.05) is 31.5 Å². The van der Waals surface area contributed by atoms with Crippen molar-refractivity contribution in [2.75, 3.05) is 6.61 Å². The summed E-state index contributed by atoms with van der Waals surface area (Å²) < 4.78 is 7.77. The Bertz CT molecular complexity index is 346. The lowest BCUT2D eigenvalue weighted by Gasteiger charge is -2.22. The predicted octanol–water partition coefficient (Wildman–Crippen LogP) is 2.02. The van der Waals surface area contributed by atoms with Gasteiger partial charge in [-0.2, -0.15) is 5.10 Å². The second-order valence-electron chi connectivity index (χ2n) is 5.04. The van der Waals surface area contributed by atoms with Crippen LogP contribution in [0.2, 0.25) is 0 Å². The Morgan fingerprint density at radius 3 is 2.88 bits per heavy atom. The van der Waals surface area contributed by atoms with Gasteiger partial charge in [0.25, 0.3) is 0 Å². The zero-order valence-corrected chi connectivity index (χ0v) is 10.8. The highest BCUT2D eigenvalue weighted by atomic mass is 16.5. The van der Waals surface area contributed by atoms with E-state index in [-0.39, 0.29) is 12.1 Å². The minimum Gasteiger partial charge on any atom is -0.372 e. The Hall–Kier alpha value is -0.870. The molecule has 2 N–H and O–H groups in total. The molecule has 1 aromatic rings. The van der Waals surface area contributed by atoms with Gasteiger partial charge in [0.05, 0.1) is 6.20 Å². The van der Waals surface area contributed by atoms with E-state index in [1.807, 2.05) is 19.4 Å². The molecule has 2 rings (SSSR count). The van der Waals surface area contributed by atoms with Crippen LogP contribution in [0.25, 0.3) is 0 Å². The standard InChI is InChI=1S/C13H23N3O/c1-3-12(14)13(11-8-15-16(2)9-11)17-7-6-10-4-5-10/h8-10,12-13H,3-7,14H2,1-2H3. The highest BCUT2D eigenvalue weighted by molar-refractivity contribution is 5.10. The lowest BCUT2D eigenvalue weighted by Crippen LogP contribution is -2.29. The molecule has 0 aliphatic heterocycles. The van der Waals surface area contributed by atoms with Gasteiger partial charge in [-0.05, 0) is 18.8 Å². The number of ether oxygens (including phenoxy) is 1. The minimum atomic E-state index is -0.00699. The van der Waals surface area contributed by atoms with Crippen molar-refractivity contribution in [2.24, 2.45) is 18.7 Å². The fourth-order valence-electron chi connectivity index (χ4n) is 2.04. The highest BCUT2D eigenvalue weighted by Crippen LogP contribution is 2.33. The van der Waals surface area contributed by atoms with Crippen molar-refractivity contribution in [3.63, 3.8) is 0 Å². The normalized spacial score (nSPS) is 19.2. The third-order valence-electron chi connectivity index (χ3n) is 3.43. The Balaban J connectivity index is 1.91. The molecule has 0 amide bonds. The van der Waals surface area contributed by atoms with E-state index in [4.69, 9.17) is 10.5 Å². The number of aromatic nitrogens is 2. The second kappa shape index (κ2) is 5.65. The SMILES string of the molecule is CCC(N)C(OCCC1CC1)c1cnn(C)c1.